The van der Waals surface area contributed by atoms with Gasteiger partial charge in [-0.1, -0.05) is 32.8 Å². The number of anilines is 1. The van der Waals surface area contributed by atoms with Gasteiger partial charge in [0, 0.05) is 10.5 Å². The smallest absolute Gasteiger partial charge is 0.147 e. The molecule has 1 aromatic rings. The van der Waals surface area contributed by atoms with Gasteiger partial charge in [-0.25, -0.2) is 4.39 Å². The Hall–Kier alpha value is -0.570. The lowest BCUT2D eigenvalue weighted by molar-refractivity contribution is 0.574. The summed E-state index contributed by atoms with van der Waals surface area (Å²) in [6.07, 6.45) is 4.39. The van der Waals surface area contributed by atoms with E-state index in [-0.39, 0.29) is 5.82 Å². The zero-order chi connectivity index (χ0) is 12.0. The highest BCUT2D eigenvalue weighted by atomic mass is 79.9. The van der Waals surface area contributed by atoms with E-state index in [0.717, 1.165) is 30.2 Å². The van der Waals surface area contributed by atoms with Crippen molar-refractivity contribution in [2.75, 3.05) is 5.32 Å². The Morgan fingerprint density at radius 1 is 1.25 bits per heavy atom. The summed E-state index contributed by atoms with van der Waals surface area (Å²) in [7, 11) is 0. The molecule has 0 fully saturated rings. The Bertz CT molecular complexity index is 301. The number of rotatable bonds is 6. The first-order chi connectivity index (χ1) is 7.69. The van der Waals surface area contributed by atoms with E-state index in [2.05, 4.69) is 35.1 Å². The van der Waals surface area contributed by atoms with Gasteiger partial charge in [0.25, 0.3) is 0 Å². The molecule has 0 spiro atoms. The molecule has 0 bridgehead atoms. The van der Waals surface area contributed by atoms with E-state index in [0.29, 0.717) is 11.7 Å². The molecule has 0 aromatic heterocycles. The van der Waals surface area contributed by atoms with Gasteiger partial charge in [-0.05, 0) is 40.9 Å². The summed E-state index contributed by atoms with van der Waals surface area (Å²) in [6, 6.07) is 5.42. The Kier molecular flexibility index (Phi) is 5.81. The van der Waals surface area contributed by atoms with Crippen LogP contribution >= 0.6 is 15.9 Å². The van der Waals surface area contributed by atoms with Gasteiger partial charge in [-0.15, -0.1) is 0 Å². The predicted molar refractivity (Wildman–Crippen MR) is 71.3 cm³/mol. The summed E-state index contributed by atoms with van der Waals surface area (Å²) < 4.78 is 14.4. The normalized spacial score (nSPS) is 10.8. The molecular formula is C13H19BrFN. The lowest BCUT2D eigenvalue weighted by Gasteiger charge is -2.20. The number of nitrogens with one attached hydrogen (secondary N) is 1. The molecule has 0 saturated carbocycles. The second-order valence-electron chi connectivity index (χ2n) is 4.02. The van der Waals surface area contributed by atoms with Crippen LogP contribution in [-0.4, -0.2) is 6.04 Å². The van der Waals surface area contributed by atoms with Gasteiger partial charge in [0.05, 0.1) is 5.69 Å². The average Bonchev–Trinajstić information content (AvgIpc) is 2.24. The highest BCUT2D eigenvalue weighted by Gasteiger charge is 2.11. The molecule has 0 aliphatic carbocycles. The van der Waals surface area contributed by atoms with Crippen LogP contribution in [-0.2, 0) is 0 Å². The van der Waals surface area contributed by atoms with Crippen LogP contribution in [0.4, 0.5) is 10.1 Å². The van der Waals surface area contributed by atoms with E-state index in [1.807, 2.05) is 6.07 Å². The lowest BCUT2D eigenvalue weighted by Crippen LogP contribution is -2.20. The third-order valence-electron chi connectivity index (χ3n) is 2.59. The van der Waals surface area contributed by atoms with Crippen LogP contribution in [0.25, 0.3) is 0 Å². The minimum Gasteiger partial charge on any atom is -0.379 e. The second kappa shape index (κ2) is 6.89. The van der Waals surface area contributed by atoms with Crippen LogP contribution in [0.3, 0.4) is 0 Å². The van der Waals surface area contributed by atoms with Crippen molar-refractivity contribution in [2.45, 2.75) is 45.6 Å². The number of hydrogen-bond donors (Lipinski definition) is 1. The molecule has 1 rings (SSSR count). The van der Waals surface area contributed by atoms with Gasteiger partial charge in [0.15, 0.2) is 0 Å². The summed E-state index contributed by atoms with van der Waals surface area (Å²) in [5, 5.41) is 3.30. The molecule has 0 atom stereocenters. The maximum absolute atomic E-state index is 13.6. The Balaban J connectivity index is 2.76. The first kappa shape index (κ1) is 13.5. The molecule has 0 amide bonds. The van der Waals surface area contributed by atoms with Crippen molar-refractivity contribution in [1.82, 2.24) is 0 Å². The summed E-state index contributed by atoms with van der Waals surface area (Å²) in [6.45, 7) is 4.31. The van der Waals surface area contributed by atoms with Crippen molar-refractivity contribution >= 4 is 21.6 Å². The van der Waals surface area contributed by atoms with Crippen LogP contribution in [0.2, 0.25) is 0 Å². The Morgan fingerprint density at radius 3 is 2.38 bits per heavy atom. The molecule has 3 heteroatoms. The molecule has 0 unspecified atom stereocenters. The van der Waals surface area contributed by atoms with Gasteiger partial charge in [0.1, 0.15) is 5.82 Å². The molecular weight excluding hydrogens is 269 g/mol. The first-order valence-electron chi connectivity index (χ1n) is 5.89. The maximum Gasteiger partial charge on any atom is 0.147 e. The molecule has 90 valence electrons. The van der Waals surface area contributed by atoms with E-state index in [4.69, 9.17) is 0 Å². The molecule has 1 nitrogen and oxygen atoms in total. The van der Waals surface area contributed by atoms with Crippen molar-refractivity contribution in [3.8, 4) is 0 Å². The number of halogens is 2. The largest absolute Gasteiger partial charge is 0.379 e. The first-order valence-corrected chi connectivity index (χ1v) is 6.68. The molecule has 0 aliphatic rings. The summed E-state index contributed by atoms with van der Waals surface area (Å²) in [5.41, 5.74) is 0.592. The van der Waals surface area contributed by atoms with Gasteiger partial charge >= 0.3 is 0 Å². The highest BCUT2D eigenvalue weighted by Crippen LogP contribution is 2.27. The second-order valence-corrected chi connectivity index (χ2v) is 4.87. The molecule has 0 radical (unpaired) electrons. The summed E-state index contributed by atoms with van der Waals surface area (Å²) >= 11 is 3.38. The van der Waals surface area contributed by atoms with E-state index in [9.17, 15) is 4.39 Å². The van der Waals surface area contributed by atoms with E-state index in [1.165, 1.54) is 6.07 Å². The standard InChI is InChI=1S/C13H19BrFN/c1-3-6-10(7-4-2)16-13-11(14)8-5-9-12(13)15/h5,8-10,16H,3-4,6-7H2,1-2H3. The monoisotopic (exact) mass is 287 g/mol. The third-order valence-corrected chi connectivity index (χ3v) is 3.25. The fourth-order valence-electron chi connectivity index (χ4n) is 1.83. The minimum absolute atomic E-state index is 0.188. The zero-order valence-corrected chi connectivity index (χ0v) is 11.5. The third kappa shape index (κ3) is 3.78. The highest BCUT2D eigenvalue weighted by molar-refractivity contribution is 9.10. The van der Waals surface area contributed by atoms with Crippen LogP contribution in [0.1, 0.15) is 39.5 Å². The molecule has 0 saturated heterocycles. The van der Waals surface area contributed by atoms with Crippen LogP contribution in [0, 0.1) is 5.82 Å². The van der Waals surface area contributed by atoms with Gasteiger partial charge < -0.3 is 5.32 Å². The number of para-hydroxylation sites is 1. The fourth-order valence-corrected chi connectivity index (χ4v) is 2.28. The van der Waals surface area contributed by atoms with Gasteiger partial charge in [-0.3, -0.25) is 0 Å². The fraction of sp³-hybridized carbons (Fsp3) is 0.538. The van der Waals surface area contributed by atoms with Crippen molar-refractivity contribution in [3.05, 3.63) is 28.5 Å². The topological polar surface area (TPSA) is 12.0 Å². The van der Waals surface area contributed by atoms with Crippen molar-refractivity contribution in [3.63, 3.8) is 0 Å². The quantitative estimate of drug-likeness (QED) is 0.779. The average molecular weight is 288 g/mol. The van der Waals surface area contributed by atoms with Crippen LogP contribution < -0.4 is 5.32 Å². The van der Waals surface area contributed by atoms with Crippen LogP contribution in [0.5, 0.6) is 0 Å². The van der Waals surface area contributed by atoms with E-state index >= 15 is 0 Å². The maximum atomic E-state index is 13.6. The number of benzene rings is 1. The van der Waals surface area contributed by atoms with Crippen molar-refractivity contribution in [2.24, 2.45) is 0 Å². The lowest BCUT2D eigenvalue weighted by atomic mass is 10.1. The molecule has 1 N–H and O–H groups in total. The summed E-state index contributed by atoms with van der Waals surface area (Å²) in [5.74, 6) is -0.188. The Morgan fingerprint density at radius 2 is 1.88 bits per heavy atom. The Labute approximate surface area is 106 Å². The van der Waals surface area contributed by atoms with Gasteiger partial charge in [-0.2, -0.15) is 0 Å². The summed E-state index contributed by atoms with van der Waals surface area (Å²) in [4.78, 5) is 0. The SMILES string of the molecule is CCCC(CCC)Nc1c(F)cccc1Br. The van der Waals surface area contributed by atoms with Gasteiger partial charge in [0.2, 0.25) is 0 Å². The predicted octanol–water partition coefficient (Wildman–Crippen LogP) is 4.97. The number of hydrogen-bond acceptors (Lipinski definition) is 1. The molecule has 0 heterocycles. The van der Waals surface area contributed by atoms with E-state index < -0.39 is 0 Å². The molecule has 16 heavy (non-hydrogen) atoms. The van der Waals surface area contributed by atoms with Crippen molar-refractivity contribution in [1.29, 1.82) is 0 Å². The van der Waals surface area contributed by atoms with E-state index in [1.54, 1.807) is 6.07 Å². The zero-order valence-electron chi connectivity index (χ0n) is 9.89. The molecule has 1 aromatic carbocycles. The van der Waals surface area contributed by atoms with Crippen LogP contribution in [0.15, 0.2) is 22.7 Å². The minimum atomic E-state index is -0.188. The van der Waals surface area contributed by atoms with Crippen molar-refractivity contribution < 1.29 is 4.39 Å². The molecule has 0 aliphatic heterocycles.